The zero-order chi connectivity index (χ0) is 15.6. The summed E-state index contributed by atoms with van der Waals surface area (Å²) in [5, 5.41) is 5.30. The van der Waals surface area contributed by atoms with Gasteiger partial charge in [0.25, 0.3) is 0 Å². The second-order valence-corrected chi connectivity index (χ2v) is 7.81. The van der Waals surface area contributed by atoms with Gasteiger partial charge in [-0.1, -0.05) is 60.7 Å². The second-order valence-electron chi connectivity index (χ2n) is 6.65. The Morgan fingerprint density at radius 3 is 2.30 bits per heavy atom. The molecule has 0 heterocycles. The van der Waals surface area contributed by atoms with Crippen molar-refractivity contribution >= 4 is 30.8 Å². The quantitative estimate of drug-likeness (QED) is 0.271. The molecule has 2 atom stereocenters. The van der Waals surface area contributed by atoms with Gasteiger partial charge in [0.1, 0.15) is 0 Å². The van der Waals surface area contributed by atoms with Crippen LogP contribution < -0.4 is 0 Å². The van der Waals surface area contributed by atoms with Gasteiger partial charge in [0.2, 0.25) is 0 Å². The van der Waals surface area contributed by atoms with Crippen molar-refractivity contribution < 1.29 is 0 Å². The molecule has 0 nitrogen and oxygen atoms in total. The largest absolute Gasteiger partial charge is 0.122 e. The van der Waals surface area contributed by atoms with E-state index < -0.39 is 0 Å². The summed E-state index contributed by atoms with van der Waals surface area (Å²) in [6.07, 6.45) is 0. The number of fused-ring (bicyclic) bond motifs is 6. The number of hydrogen-bond donors (Lipinski definition) is 0. The highest BCUT2D eigenvalue weighted by atomic mass is 31.0. The first-order chi connectivity index (χ1) is 11.2. The fourth-order valence-corrected chi connectivity index (χ4v) is 4.51. The summed E-state index contributed by atoms with van der Waals surface area (Å²) < 4.78 is 0. The van der Waals surface area contributed by atoms with E-state index in [9.17, 15) is 0 Å². The summed E-state index contributed by atoms with van der Waals surface area (Å²) in [6, 6.07) is 26.7. The predicted octanol–water partition coefficient (Wildman–Crippen LogP) is 6.11. The van der Waals surface area contributed by atoms with E-state index in [1.165, 1.54) is 43.8 Å². The molecule has 5 rings (SSSR count). The maximum Gasteiger partial charge on any atom is 0.0328 e. The van der Waals surface area contributed by atoms with Crippen LogP contribution in [0.15, 0.2) is 72.8 Å². The van der Waals surface area contributed by atoms with Gasteiger partial charge in [-0.25, -0.2) is 0 Å². The minimum Gasteiger partial charge on any atom is -0.122 e. The molecule has 0 bridgehead atoms. The van der Waals surface area contributed by atoms with Gasteiger partial charge in [0.05, 0.1) is 0 Å². The summed E-state index contributed by atoms with van der Waals surface area (Å²) in [5.74, 6) is 0. The molecule has 0 amide bonds. The van der Waals surface area contributed by atoms with E-state index in [1.807, 2.05) is 0 Å². The van der Waals surface area contributed by atoms with Crippen LogP contribution in [0.5, 0.6) is 0 Å². The lowest BCUT2D eigenvalue weighted by atomic mass is 9.93. The molecule has 0 N–H and O–H groups in total. The highest BCUT2D eigenvalue weighted by molar-refractivity contribution is 7.19. The lowest BCUT2D eigenvalue weighted by Gasteiger charge is -2.21. The summed E-state index contributed by atoms with van der Waals surface area (Å²) in [5.41, 5.74) is 5.56. The molecule has 0 fully saturated rings. The normalized spacial score (nSPS) is 19.0. The Bertz CT molecular complexity index is 1090. The monoisotopic (exact) mass is 312 g/mol. The SMILES string of the molecule is CC1(P)c2ccccc2-c2cc3ccc4ccccc4c3cc21. The summed E-state index contributed by atoms with van der Waals surface area (Å²) >= 11 is 0. The van der Waals surface area contributed by atoms with Crippen LogP contribution in [0.25, 0.3) is 32.7 Å². The Kier molecular flexibility index (Phi) is 2.56. The predicted molar refractivity (Wildman–Crippen MR) is 103 cm³/mol. The third-order valence-corrected chi connectivity index (χ3v) is 5.84. The van der Waals surface area contributed by atoms with Crippen LogP contribution in [0.2, 0.25) is 0 Å². The molecule has 2 unspecified atom stereocenters. The van der Waals surface area contributed by atoms with Gasteiger partial charge in [0.15, 0.2) is 0 Å². The van der Waals surface area contributed by atoms with Gasteiger partial charge in [0, 0.05) is 5.16 Å². The minimum absolute atomic E-state index is 0.0168. The standard InChI is InChI=1S/C22H17P/c1-22(23)20-9-5-4-8-17(20)19-12-15-11-10-14-6-2-3-7-16(14)18(15)13-21(19)22/h2-13H,23H2,1H3. The van der Waals surface area contributed by atoms with Gasteiger partial charge in [-0.2, -0.15) is 0 Å². The lowest BCUT2D eigenvalue weighted by Crippen LogP contribution is -2.10. The van der Waals surface area contributed by atoms with Gasteiger partial charge in [-0.05, 0) is 62.9 Å². The number of rotatable bonds is 0. The molecule has 23 heavy (non-hydrogen) atoms. The van der Waals surface area contributed by atoms with Crippen LogP contribution in [0, 0.1) is 0 Å². The number of hydrogen-bond acceptors (Lipinski definition) is 0. The fraction of sp³-hybridized carbons (Fsp3) is 0.0909. The van der Waals surface area contributed by atoms with E-state index in [1.54, 1.807) is 0 Å². The first kappa shape index (κ1) is 13.3. The molecular weight excluding hydrogens is 295 g/mol. The van der Waals surface area contributed by atoms with E-state index in [0.29, 0.717) is 0 Å². The van der Waals surface area contributed by atoms with Crippen molar-refractivity contribution in [3.8, 4) is 11.1 Å². The van der Waals surface area contributed by atoms with Crippen molar-refractivity contribution in [2.45, 2.75) is 12.1 Å². The second kappa shape index (κ2) is 4.43. The average molecular weight is 312 g/mol. The zero-order valence-electron chi connectivity index (χ0n) is 13.0. The van der Waals surface area contributed by atoms with Crippen LogP contribution in [0.4, 0.5) is 0 Å². The molecule has 0 saturated carbocycles. The van der Waals surface area contributed by atoms with Gasteiger partial charge in [-0.15, -0.1) is 9.24 Å². The van der Waals surface area contributed by atoms with E-state index >= 15 is 0 Å². The van der Waals surface area contributed by atoms with Gasteiger partial charge < -0.3 is 0 Å². The van der Waals surface area contributed by atoms with Gasteiger partial charge in [-0.3, -0.25) is 0 Å². The molecule has 4 aromatic carbocycles. The Labute approximate surface area is 138 Å². The van der Waals surface area contributed by atoms with Crippen molar-refractivity contribution in [3.05, 3.63) is 83.9 Å². The summed E-state index contributed by atoms with van der Waals surface area (Å²) in [7, 11) is 3.07. The van der Waals surface area contributed by atoms with Crippen LogP contribution >= 0.6 is 9.24 Å². The van der Waals surface area contributed by atoms with Crippen LogP contribution in [0.3, 0.4) is 0 Å². The maximum atomic E-state index is 3.07. The highest BCUT2D eigenvalue weighted by Crippen LogP contribution is 2.53. The molecule has 1 aliphatic carbocycles. The smallest absolute Gasteiger partial charge is 0.0328 e. The third kappa shape index (κ3) is 1.70. The van der Waals surface area contributed by atoms with Gasteiger partial charge >= 0.3 is 0 Å². The van der Waals surface area contributed by atoms with E-state index in [0.717, 1.165) is 0 Å². The first-order valence-corrected chi connectivity index (χ1v) is 8.59. The Balaban J connectivity index is 1.95. The van der Waals surface area contributed by atoms with Crippen LogP contribution in [-0.2, 0) is 5.16 Å². The van der Waals surface area contributed by atoms with Crippen LogP contribution in [0.1, 0.15) is 18.1 Å². The van der Waals surface area contributed by atoms with Crippen molar-refractivity contribution in [2.75, 3.05) is 0 Å². The molecule has 4 aromatic rings. The van der Waals surface area contributed by atoms with Crippen molar-refractivity contribution in [1.29, 1.82) is 0 Å². The summed E-state index contributed by atoms with van der Waals surface area (Å²) in [4.78, 5) is 0. The first-order valence-electron chi connectivity index (χ1n) is 8.01. The molecule has 1 aliphatic rings. The number of benzene rings is 4. The van der Waals surface area contributed by atoms with Crippen molar-refractivity contribution in [3.63, 3.8) is 0 Å². The zero-order valence-corrected chi connectivity index (χ0v) is 14.2. The van der Waals surface area contributed by atoms with Crippen LogP contribution in [-0.4, -0.2) is 0 Å². The Morgan fingerprint density at radius 2 is 1.39 bits per heavy atom. The lowest BCUT2D eigenvalue weighted by molar-refractivity contribution is 0.871. The van der Waals surface area contributed by atoms with E-state index in [4.69, 9.17) is 0 Å². The topological polar surface area (TPSA) is 0 Å². The maximum absolute atomic E-state index is 3.07. The Hall–Kier alpha value is -2.17. The van der Waals surface area contributed by atoms with Crippen molar-refractivity contribution in [1.82, 2.24) is 0 Å². The molecule has 0 aliphatic heterocycles. The molecule has 0 spiro atoms. The summed E-state index contributed by atoms with van der Waals surface area (Å²) in [6.45, 7) is 2.30. The molecule has 1 heteroatoms. The molecule has 0 aromatic heterocycles. The van der Waals surface area contributed by atoms with E-state index in [-0.39, 0.29) is 5.16 Å². The molecule has 0 radical (unpaired) electrons. The highest BCUT2D eigenvalue weighted by Gasteiger charge is 2.35. The minimum atomic E-state index is -0.0168. The van der Waals surface area contributed by atoms with Crippen molar-refractivity contribution in [2.24, 2.45) is 0 Å². The average Bonchev–Trinajstić information content (AvgIpc) is 2.81. The molecule has 0 saturated heterocycles. The Morgan fingerprint density at radius 1 is 0.652 bits per heavy atom. The molecule has 110 valence electrons. The molecular formula is C22H17P. The van der Waals surface area contributed by atoms with E-state index in [2.05, 4.69) is 89.0 Å². The third-order valence-electron chi connectivity index (χ3n) is 5.22. The fourth-order valence-electron chi connectivity index (χ4n) is 4.02.